The van der Waals surface area contributed by atoms with Gasteiger partial charge in [-0.3, -0.25) is 9.48 Å². The van der Waals surface area contributed by atoms with Gasteiger partial charge in [0, 0.05) is 24.1 Å². The Hall–Kier alpha value is -3.39. The molecule has 0 aliphatic heterocycles. The molecule has 1 N–H and O–H groups in total. The third-order valence-corrected chi connectivity index (χ3v) is 6.01. The lowest BCUT2D eigenvalue weighted by Gasteiger charge is -2.11. The predicted molar refractivity (Wildman–Crippen MR) is 123 cm³/mol. The first-order chi connectivity index (χ1) is 15.5. The Balaban J connectivity index is 1.39. The number of amides is 1. The van der Waals surface area contributed by atoms with Crippen LogP contribution in [0.15, 0.2) is 64.0 Å². The fourth-order valence-corrected chi connectivity index (χ4v) is 4.34. The molecule has 0 aliphatic carbocycles. The molecule has 0 spiro atoms. The van der Waals surface area contributed by atoms with Gasteiger partial charge in [0.25, 0.3) is 5.91 Å². The molecule has 4 rings (SSSR count). The standard InChI is InChI=1S/C24H25N5O2S/c1-16-11-17(2)29(27-16)14-20-8-6-7-19(12-20)13-25-24(30)21-9-4-5-10-22(21)32-15-23-26-18(3)31-28-23/h4-12H,13-15H2,1-3H3,(H,25,30). The van der Waals surface area contributed by atoms with Gasteiger partial charge in [0.1, 0.15) is 0 Å². The number of hydrogen-bond acceptors (Lipinski definition) is 6. The van der Waals surface area contributed by atoms with Crippen molar-refractivity contribution in [3.8, 4) is 0 Å². The maximum atomic E-state index is 12.9. The van der Waals surface area contributed by atoms with Crippen molar-refractivity contribution in [1.82, 2.24) is 25.2 Å². The van der Waals surface area contributed by atoms with Gasteiger partial charge in [0.15, 0.2) is 5.82 Å². The van der Waals surface area contributed by atoms with Crippen LogP contribution in [0.25, 0.3) is 0 Å². The molecule has 0 fully saturated rings. The molecule has 2 aromatic heterocycles. The van der Waals surface area contributed by atoms with E-state index < -0.39 is 0 Å². The third kappa shape index (κ3) is 5.45. The first-order valence-corrected chi connectivity index (χ1v) is 11.3. The molecule has 0 unspecified atom stereocenters. The number of carbonyl (C=O) groups excluding carboxylic acids is 1. The summed E-state index contributed by atoms with van der Waals surface area (Å²) in [5.41, 5.74) is 4.97. The fraction of sp³-hybridized carbons (Fsp3) is 0.250. The van der Waals surface area contributed by atoms with Crippen LogP contribution in [0.1, 0.15) is 44.6 Å². The van der Waals surface area contributed by atoms with Crippen LogP contribution < -0.4 is 5.32 Å². The van der Waals surface area contributed by atoms with E-state index in [1.165, 1.54) is 11.8 Å². The highest BCUT2D eigenvalue weighted by Crippen LogP contribution is 2.25. The van der Waals surface area contributed by atoms with Gasteiger partial charge in [-0.05, 0) is 43.2 Å². The molecule has 0 bridgehead atoms. The summed E-state index contributed by atoms with van der Waals surface area (Å²) in [6.07, 6.45) is 0. The van der Waals surface area contributed by atoms with Crippen molar-refractivity contribution in [1.29, 1.82) is 0 Å². The molecule has 0 saturated heterocycles. The molecular weight excluding hydrogens is 422 g/mol. The minimum absolute atomic E-state index is 0.110. The van der Waals surface area contributed by atoms with E-state index in [4.69, 9.17) is 4.52 Å². The van der Waals surface area contributed by atoms with Gasteiger partial charge >= 0.3 is 0 Å². The second kappa shape index (κ2) is 9.82. The summed E-state index contributed by atoms with van der Waals surface area (Å²) in [6.45, 7) is 6.96. The Morgan fingerprint density at radius 3 is 2.62 bits per heavy atom. The van der Waals surface area contributed by atoms with Gasteiger partial charge in [0.05, 0.1) is 23.6 Å². The number of aromatic nitrogens is 4. The minimum atomic E-state index is -0.110. The minimum Gasteiger partial charge on any atom is -0.348 e. The first-order valence-electron chi connectivity index (χ1n) is 10.4. The van der Waals surface area contributed by atoms with Crippen molar-refractivity contribution in [2.45, 2.75) is 44.5 Å². The van der Waals surface area contributed by atoms with Crippen LogP contribution in [0, 0.1) is 20.8 Å². The highest BCUT2D eigenvalue weighted by atomic mass is 32.2. The molecule has 4 aromatic rings. The van der Waals surface area contributed by atoms with Gasteiger partial charge < -0.3 is 9.84 Å². The van der Waals surface area contributed by atoms with Crippen LogP contribution in [0.5, 0.6) is 0 Å². The fourth-order valence-electron chi connectivity index (χ4n) is 3.45. The van der Waals surface area contributed by atoms with Gasteiger partial charge in [0.2, 0.25) is 5.89 Å². The number of carbonyl (C=O) groups is 1. The van der Waals surface area contributed by atoms with Crippen LogP contribution in [-0.4, -0.2) is 25.8 Å². The summed E-state index contributed by atoms with van der Waals surface area (Å²) < 4.78 is 7.01. The molecule has 32 heavy (non-hydrogen) atoms. The Labute approximate surface area is 191 Å². The van der Waals surface area contributed by atoms with E-state index in [9.17, 15) is 4.79 Å². The summed E-state index contributed by atoms with van der Waals surface area (Å²) >= 11 is 1.51. The molecule has 7 nitrogen and oxygen atoms in total. The van der Waals surface area contributed by atoms with Crippen LogP contribution >= 0.6 is 11.8 Å². The Morgan fingerprint density at radius 2 is 1.88 bits per heavy atom. The van der Waals surface area contributed by atoms with E-state index in [0.717, 1.165) is 27.4 Å². The van der Waals surface area contributed by atoms with Crippen molar-refractivity contribution < 1.29 is 9.32 Å². The molecule has 0 atom stereocenters. The SMILES string of the molecule is Cc1cc(C)n(Cc2cccc(CNC(=O)c3ccccc3SCc3noc(C)n3)c2)n1. The number of rotatable bonds is 8. The quantitative estimate of drug-likeness (QED) is 0.401. The summed E-state index contributed by atoms with van der Waals surface area (Å²) in [7, 11) is 0. The molecular formula is C24H25N5O2S. The van der Waals surface area contributed by atoms with E-state index >= 15 is 0 Å². The lowest BCUT2D eigenvalue weighted by Crippen LogP contribution is -2.23. The molecule has 1 amide bonds. The number of thioether (sulfide) groups is 1. The van der Waals surface area contributed by atoms with Crippen molar-refractivity contribution in [2.75, 3.05) is 0 Å². The van der Waals surface area contributed by atoms with E-state index in [-0.39, 0.29) is 5.91 Å². The third-order valence-electron chi connectivity index (χ3n) is 4.94. The highest BCUT2D eigenvalue weighted by molar-refractivity contribution is 7.98. The van der Waals surface area contributed by atoms with Gasteiger partial charge in [-0.25, -0.2) is 0 Å². The molecule has 2 aromatic carbocycles. The smallest absolute Gasteiger partial charge is 0.252 e. The normalized spacial score (nSPS) is 11.0. The zero-order valence-electron chi connectivity index (χ0n) is 18.3. The molecule has 164 valence electrons. The summed E-state index contributed by atoms with van der Waals surface area (Å²) in [5, 5.41) is 11.5. The molecule has 8 heteroatoms. The maximum Gasteiger partial charge on any atom is 0.252 e. The largest absolute Gasteiger partial charge is 0.348 e. The van der Waals surface area contributed by atoms with Crippen molar-refractivity contribution in [2.24, 2.45) is 0 Å². The van der Waals surface area contributed by atoms with Crippen molar-refractivity contribution in [3.05, 3.63) is 94.4 Å². The average molecular weight is 448 g/mol. The van der Waals surface area contributed by atoms with Crippen molar-refractivity contribution >= 4 is 17.7 Å². The Kier molecular flexibility index (Phi) is 6.70. The summed E-state index contributed by atoms with van der Waals surface area (Å²) in [4.78, 5) is 18.0. The predicted octanol–water partition coefficient (Wildman–Crippen LogP) is 4.46. The first kappa shape index (κ1) is 21.8. The molecule has 2 heterocycles. The molecule has 0 saturated carbocycles. The lowest BCUT2D eigenvalue weighted by molar-refractivity contribution is 0.0948. The average Bonchev–Trinajstić information content (AvgIpc) is 3.34. The monoisotopic (exact) mass is 447 g/mol. The van der Waals surface area contributed by atoms with Crippen LogP contribution in [-0.2, 0) is 18.8 Å². The zero-order valence-corrected chi connectivity index (χ0v) is 19.1. The highest BCUT2D eigenvalue weighted by Gasteiger charge is 2.13. The van der Waals surface area contributed by atoms with Gasteiger partial charge in [-0.15, -0.1) is 11.8 Å². The topological polar surface area (TPSA) is 85.8 Å². The van der Waals surface area contributed by atoms with Gasteiger partial charge in [-0.2, -0.15) is 10.1 Å². The van der Waals surface area contributed by atoms with Gasteiger partial charge in [-0.1, -0.05) is 41.6 Å². The van der Waals surface area contributed by atoms with Crippen molar-refractivity contribution in [3.63, 3.8) is 0 Å². The van der Waals surface area contributed by atoms with Crippen LogP contribution in [0.3, 0.4) is 0 Å². The van der Waals surface area contributed by atoms with E-state index in [0.29, 0.717) is 36.1 Å². The van der Waals surface area contributed by atoms with Crippen LogP contribution in [0.2, 0.25) is 0 Å². The lowest BCUT2D eigenvalue weighted by atomic mass is 10.1. The number of nitrogens with one attached hydrogen (secondary N) is 1. The Bertz CT molecular complexity index is 1230. The number of benzene rings is 2. The van der Waals surface area contributed by atoms with E-state index in [1.54, 1.807) is 6.92 Å². The second-order valence-corrected chi connectivity index (χ2v) is 8.62. The summed E-state index contributed by atoms with van der Waals surface area (Å²) in [5.74, 6) is 1.57. The van der Waals surface area contributed by atoms with E-state index in [1.807, 2.05) is 48.0 Å². The number of hydrogen-bond donors (Lipinski definition) is 1. The van der Waals surface area contributed by atoms with Crippen LogP contribution in [0.4, 0.5) is 0 Å². The van der Waals surface area contributed by atoms with E-state index in [2.05, 4.69) is 45.7 Å². The molecule has 0 radical (unpaired) electrons. The molecule has 0 aliphatic rings. The second-order valence-electron chi connectivity index (χ2n) is 7.60. The maximum absolute atomic E-state index is 12.9. The number of aryl methyl sites for hydroxylation is 3. The zero-order chi connectivity index (χ0) is 22.5. The summed E-state index contributed by atoms with van der Waals surface area (Å²) in [6, 6.07) is 17.8. The Morgan fingerprint density at radius 1 is 1.06 bits per heavy atom. The number of nitrogens with zero attached hydrogens (tertiary/aromatic N) is 4.